The molecule has 2 N–H and O–H groups in total. The average Bonchev–Trinajstić information content (AvgIpc) is 2.79. The Balaban J connectivity index is 1.33. The Labute approximate surface area is 191 Å². The minimum atomic E-state index is -0.0147. The van der Waals surface area contributed by atoms with Gasteiger partial charge < -0.3 is 15.5 Å². The number of aryl methyl sites for hydroxylation is 2. The first-order valence-corrected chi connectivity index (χ1v) is 11.7. The van der Waals surface area contributed by atoms with Gasteiger partial charge in [0.2, 0.25) is 0 Å². The lowest BCUT2D eigenvalue weighted by atomic mass is 9.72. The number of allylic oxidation sites excluding steroid dienone is 2. The van der Waals surface area contributed by atoms with Gasteiger partial charge in [-0.05, 0) is 93.0 Å². The maximum atomic E-state index is 6.33. The van der Waals surface area contributed by atoms with Crippen LogP contribution in [0.1, 0.15) is 42.4 Å². The number of pyridine rings is 1. The number of anilines is 2. The van der Waals surface area contributed by atoms with Crippen LogP contribution >= 0.6 is 11.6 Å². The quantitative estimate of drug-likeness (QED) is 0.538. The fourth-order valence-corrected chi connectivity index (χ4v) is 5.10. The summed E-state index contributed by atoms with van der Waals surface area (Å²) >= 11 is 6.33. The first-order valence-electron chi connectivity index (χ1n) is 11.3. The highest BCUT2D eigenvalue weighted by atomic mass is 35.5. The van der Waals surface area contributed by atoms with E-state index in [1.165, 1.54) is 16.7 Å². The molecule has 0 saturated carbocycles. The molecule has 2 aliphatic rings. The Bertz CT molecular complexity index is 960. The number of benzene rings is 1. The van der Waals surface area contributed by atoms with E-state index < -0.39 is 0 Å². The smallest absolute Gasteiger partial charge is 0.133 e. The lowest BCUT2D eigenvalue weighted by Gasteiger charge is -2.41. The van der Waals surface area contributed by atoms with Gasteiger partial charge in [-0.25, -0.2) is 4.98 Å². The Hall–Kier alpha value is -2.30. The molecular formula is C26H33ClN4. The van der Waals surface area contributed by atoms with Gasteiger partial charge in [0.1, 0.15) is 5.82 Å². The standard InChI is InChI=1S/C26H33ClN4/c1-4-26(23-17-22(27)9-10-24(23)28-3)11-14-31(15-12-26)13-5-6-20-16-21-8-7-19(2)30-25(21)29-18-20/h4,9-10,16-18,28H,1-2,5-8,11-15H2,3H3,(H,29,30). The highest BCUT2D eigenvalue weighted by Gasteiger charge is 2.35. The molecule has 0 aliphatic carbocycles. The molecule has 4 nitrogen and oxygen atoms in total. The second kappa shape index (κ2) is 9.46. The number of hydrogen-bond donors (Lipinski definition) is 2. The normalized spacial score (nSPS) is 18.2. The summed E-state index contributed by atoms with van der Waals surface area (Å²) in [6, 6.07) is 8.45. The van der Waals surface area contributed by atoms with E-state index in [9.17, 15) is 0 Å². The van der Waals surface area contributed by atoms with Crippen LogP contribution in [-0.4, -0.2) is 36.6 Å². The molecule has 31 heavy (non-hydrogen) atoms. The predicted molar refractivity (Wildman–Crippen MR) is 132 cm³/mol. The Morgan fingerprint density at radius 3 is 2.81 bits per heavy atom. The predicted octanol–water partition coefficient (Wildman–Crippen LogP) is 5.80. The van der Waals surface area contributed by atoms with Crippen LogP contribution in [0.2, 0.25) is 5.02 Å². The third-order valence-corrected chi connectivity index (χ3v) is 7.12. The molecule has 5 heteroatoms. The van der Waals surface area contributed by atoms with Crippen LogP contribution in [0.4, 0.5) is 11.5 Å². The fraction of sp³-hybridized carbons (Fsp3) is 0.423. The van der Waals surface area contributed by atoms with E-state index in [-0.39, 0.29) is 5.41 Å². The summed E-state index contributed by atoms with van der Waals surface area (Å²) in [4.78, 5) is 7.19. The van der Waals surface area contributed by atoms with Crippen LogP contribution in [0.25, 0.3) is 0 Å². The summed E-state index contributed by atoms with van der Waals surface area (Å²) in [6.07, 6.45) is 10.6. The number of likely N-dealkylation sites (tertiary alicyclic amines) is 1. The molecule has 1 aromatic carbocycles. The van der Waals surface area contributed by atoms with Gasteiger partial charge in [0.15, 0.2) is 0 Å². The van der Waals surface area contributed by atoms with E-state index >= 15 is 0 Å². The second-order valence-electron chi connectivity index (χ2n) is 8.83. The average molecular weight is 437 g/mol. The molecule has 0 radical (unpaired) electrons. The van der Waals surface area contributed by atoms with Crippen LogP contribution in [-0.2, 0) is 18.3 Å². The summed E-state index contributed by atoms with van der Waals surface area (Å²) in [5.41, 5.74) is 6.13. The molecule has 3 heterocycles. The summed E-state index contributed by atoms with van der Waals surface area (Å²) < 4.78 is 0. The first kappa shape index (κ1) is 21.9. The number of nitrogens with one attached hydrogen (secondary N) is 2. The van der Waals surface area contributed by atoms with Crippen molar-refractivity contribution in [3.63, 3.8) is 0 Å². The minimum absolute atomic E-state index is 0.0147. The van der Waals surface area contributed by atoms with E-state index in [1.807, 2.05) is 19.3 Å². The lowest BCUT2D eigenvalue weighted by Crippen LogP contribution is -2.42. The van der Waals surface area contributed by atoms with Gasteiger partial charge >= 0.3 is 0 Å². The van der Waals surface area contributed by atoms with Gasteiger partial charge in [0.05, 0.1) is 0 Å². The number of aromatic nitrogens is 1. The lowest BCUT2D eigenvalue weighted by molar-refractivity contribution is 0.182. The molecule has 0 atom stereocenters. The Morgan fingerprint density at radius 1 is 1.26 bits per heavy atom. The van der Waals surface area contributed by atoms with Crippen molar-refractivity contribution in [1.29, 1.82) is 0 Å². The van der Waals surface area contributed by atoms with E-state index in [1.54, 1.807) is 0 Å². The molecular weight excluding hydrogens is 404 g/mol. The van der Waals surface area contributed by atoms with Gasteiger partial charge in [-0.15, -0.1) is 6.58 Å². The maximum Gasteiger partial charge on any atom is 0.133 e. The van der Waals surface area contributed by atoms with Crippen LogP contribution < -0.4 is 10.6 Å². The van der Waals surface area contributed by atoms with E-state index in [0.717, 1.165) is 80.4 Å². The highest BCUT2D eigenvalue weighted by Crippen LogP contribution is 2.41. The molecule has 0 amide bonds. The number of rotatable bonds is 7. The topological polar surface area (TPSA) is 40.2 Å². The Morgan fingerprint density at radius 2 is 2.06 bits per heavy atom. The number of halogens is 1. The highest BCUT2D eigenvalue weighted by molar-refractivity contribution is 6.30. The molecule has 0 unspecified atom stereocenters. The van der Waals surface area contributed by atoms with Crippen LogP contribution in [0.5, 0.6) is 0 Å². The van der Waals surface area contributed by atoms with E-state index in [4.69, 9.17) is 11.6 Å². The van der Waals surface area contributed by atoms with Crippen molar-refractivity contribution in [2.24, 2.45) is 0 Å². The molecule has 0 bridgehead atoms. The number of nitrogens with zero attached hydrogens (tertiary/aromatic N) is 2. The molecule has 4 rings (SSSR count). The SMILES string of the molecule is C=CC1(c2cc(Cl)ccc2NC)CCN(CCCc2cnc3c(c2)CCC(=C)N3)CC1. The van der Waals surface area contributed by atoms with Crippen molar-refractivity contribution in [2.75, 3.05) is 37.3 Å². The largest absolute Gasteiger partial charge is 0.388 e. The number of hydrogen-bond acceptors (Lipinski definition) is 4. The zero-order valence-corrected chi connectivity index (χ0v) is 19.3. The third kappa shape index (κ3) is 4.81. The number of fused-ring (bicyclic) bond motifs is 1. The van der Waals surface area contributed by atoms with Crippen LogP contribution in [0, 0.1) is 0 Å². The molecule has 1 fully saturated rings. The van der Waals surface area contributed by atoms with Gasteiger partial charge in [0, 0.05) is 35.1 Å². The molecule has 0 spiro atoms. The fourth-order valence-electron chi connectivity index (χ4n) is 4.93. The van der Waals surface area contributed by atoms with Crippen molar-refractivity contribution in [2.45, 2.75) is 43.9 Å². The van der Waals surface area contributed by atoms with Gasteiger partial charge in [-0.2, -0.15) is 0 Å². The van der Waals surface area contributed by atoms with Gasteiger partial charge in [-0.3, -0.25) is 0 Å². The van der Waals surface area contributed by atoms with Crippen LogP contribution in [0.15, 0.2) is 55.4 Å². The summed E-state index contributed by atoms with van der Waals surface area (Å²) in [6.45, 7) is 11.5. The molecule has 164 valence electrons. The van der Waals surface area contributed by atoms with Crippen molar-refractivity contribution in [3.05, 3.63) is 77.1 Å². The molecule has 2 aromatic rings. The van der Waals surface area contributed by atoms with Crippen molar-refractivity contribution < 1.29 is 0 Å². The third-order valence-electron chi connectivity index (χ3n) is 6.88. The second-order valence-corrected chi connectivity index (χ2v) is 9.26. The molecule has 2 aliphatic heterocycles. The molecule has 1 saturated heterocycles. The van der Waals surface area contributed by atoms with E-state index in [0.29, 0.717) is 0 Å². The maximum absolute atomic E-state index is 6.33. The van der Waals surface area contributed by atoms with Crippen LogP contribution in [0.3, 0.4) is 0 Å². The monoisotopic (exact) mass is 436 g/mol. The van der Waals surface area contributed by atoms with Crippen molar-refractivity contribution >= 4 is 23.1 Å². The summed E-state index contributed by atoms with van der Waals surface area (Å²) in [5.74, 6) is 0.985. The Kier molecular flexibility index (Phi) is 6.68. The minimum Gasteiger partial charge on any atom is -0.388 e. The zero-order valence-electron chi connectivity index (χ0n) is 18.5. The van der Waals surface area contributed by atoms with Crippen molar-refractivity contribution in [1.82, 2.24) is 9.88 Å². The first-order chi connectivity index (χ1) is 15.0. The van der Waals surface area contributed by atoms with Crippen molar-refractivity contribution in [3.8, 4) is 0 Å². The molecule has 1 aromatic heterocycles. The van der Waals surface area contributed by atoms with E-state index in [2.05, 4.69) is 58.0 Å². The van der Waals surface area contributed by atoms with Gasteiger partial charge in [-0.1, -0.05) is 30.3 Å². The zero-order chi connectivity index (χ0) is 21.8. The number of piperidine rings is 1. The summed E-state index contributed by atoms with van der Waals surface area (Å²) in [5, 5.41) is 7.42. The van der Waals surface area contributed by atoms with Gasteiger partial charge in [0.25, 0.3) is 0 Å². The summed E-state index contributed by atoms with van der Waals surface area (Å²) in [7, 11) is 1.97.